The van der Waals surface area contributed by atoms with E-state index in [4.69, 9.17) is 5.11 Å². The van der Waals surface area contributed by atoms with Gasteiger partial charge >= 0.3 is 5.97 Å². The number of rotatable bonds is 2. The zero-order valence-corrected chi connectivity index (χ0v) is 10.3. The monoisotopic (exact) mass is 242 g/mol. The van der Waals surface area contributed by atoms with Crippen LogP contribution in [0.1, 0.15) is 21.5 Å². The van der Waals surface area contributed by atoms with Gasteiger partial charge < -0.3 is 10.2 Å². The second-order valence-corrected chi connectivity index (χ2v) is 4.45. The first-order chi connectivity index (χ1) is 8.45. The quantitative estimate of drug-likeness (QED) is 0.848. The van der Waals surface area contributed by atoms with Crippen molar-refractivity contribution in [2.24, 2.45) is 0 Å². The van der Waals surface area contributed by atoms with Crippen molar-refractivity contribution in [2.75, 3.05) is 0 Å². The summed E-state index contributed by atoms with van der Waals surface area (Å²) in [5.74, 6) is -1.08. The highest BCUT2D eigenvalue weighted by molar-refractivity contribution is 5.90. The zero-order valence-electron chi connectivity index (χ0n) is 10.3. The summed E-state index contributed by atoms with van der Waals surface area (Å²) in [6.07, 6.45) is 0. The van der Waals surface area contributed by atoms with Crippen molar-refractivity contribution in [3.8, 4) is 16.9 Å². The van der Waals surface area contributed by atoms with Crippen LogP contribution in [0.2, 0.25) is 0 Å². The molecule has 0 radical (unpaired) electrons. The third-order valence-corrected chi connectivity index (χ3v) is 2.72. The Hall–Kier alpha value is -2.29. The summed E-state index contributed by atoms with van der Waals surface area (Å²) in [6.45, 7) is 3.97. The Kier molecular flexibility index (Phi) is 3.06. The number of aryl methyl sites for hydroxylation is 2. The molecule has 0 heterocycles. The van der Waals surface area contributed by atoms with Crippen LogP contribution < -0.4 is 0 Å². The number of carboxylic acid groups (broad SMARTS) is 1. The third kappa shape index (κ3) is 2.51. The zero-order chi connectivity index (χ0) is 13.3. The molecule has 0 aliphatic rings. The molecule has 0 spiro atoms. The van der Waals surface area contributed by atoms with E-state index < -0.39 is 5.97 Å². The Labute approximate surface area is 105 Å². The Balaban J connectivity index is 2.59. The standard InChI is InChI=1S/C15H14O3/c1-9-3-10(2)5-11(4-9)12-6-13(15(17)18)8-14(16)7-12/h3-8,16H,1-2H3,(H,17,18). The predicted octanol–water partition coefficient (Wildman–Crippen LogP) is 3.37. The molecule has 0 saturated heterocycles. The van der Waals surface area contributed by atoms with Crippen molar-refractivity contribution in [1.29, 1.82) is 0 Å². The van der Waals surface area contributed by atoms with E-state index in [0.717, 1.165) is 16.7 Å². The Morgan fingerprint density at radius 2 is 1.44 bits per heavy atom. The number of aromatic hydroxyl groups is 1. The summed E-state index contributed by atoms with van der Waals surface area (Å²) >= 11 is 0. The number of phenols is 1. The number of phenolic OH excluding ortho intramolecular Hbond substituents is 1. The van der Waals surface area contributed by atoms with Crippen LogP contribution in [0.5, 0.6) is 5.75 Å². The third-order valence-electron chi connectivity index (χ3n) is 2.72. The average Bonchev–Trinajstić information content (AvgIpc) is 2.26. The Bertz CT molecular complexity index is 595. The molecule has 0 saturated carbocycles. The molecule has 0 aliphatic heterocycles. The number of carboxylic acids is 1. The minimum atomic E-state index is -1.04. The van der Waals surface area contributed by atoms with Gasteiger partial charge in [0.2, 0.25) is 0 Å². The van der Waals surface area contributed by atoms with Gasteiger partial charge in [-0.1, -0.05) is 29.3 Å². The summed E-state index contributed by atoms with van der Waals surface area (Å²) in [7, 11) is 0. The van der Waals surface area contributed by atoms with Crippen LogP contribution in [0.15, 0.2) is 36.4 Å². The van der Waals surface area contributed by atoms with E-state index in [0.29, 0.717) is 5.56 Å². The molecule has 0 aliphatic carbocycles. The largest absolute Gasteiger partial charge is 0.508 e. The summed E-state index contributed by atoms with van der Waals surface area (Å²) in [6, 6.07) is 10.4. The SMILES string of the molecule is Cc1cc(C)cc(-c2cc(O)cc(C(=O)O)c2)c1. The van der Waals surface area contributed by atoms with Crippen molar-refractivity contribution in [3.05, 3.63) is 53.1 Å². The van der Waals surface area contributed by atoms with Crippen LogP contribution in [-0.4, -0.2) is 16.2 Å². The molecule has 2 rings (SSSR count). The minimum Gasteiger partial charge on any atom is -0.508 e. The predicted molar refractivity (Wildman–Crippen MR) is 70.0 cm³/mol. The highest BCUT2D eigenvalue weighted by atomic mass is 16.4. The van der Waals surface area contributed by atoms with Crippen LogP contribution in [0.25, 0.3) is 11.1 Å². The summed E-state index contributed by atoms with van der Waals surface area (Å²) in [4.78, 5) is 11.0. The molecule has 2 N–H and O–H groups in total. The maximum atomic E-state index is 11.0. The van der Waals surface area contributed by atoms with Crippen LogP contribution in [0, 0.1) is 13.8 Å². The molecule has 2 aromatic rings. The first kappa shape index (κ1) is 12.2. The van der Waals surface area contributed by atoms with E-state index in [-0.39, 0.29) is 11.3 Å². The molecule has 92 valence electrons. The fourth-order valence-corrected chi connectivity index (χ4v) is 2.04. The van der Waals surface area contributed by atoms with E-state index in [1.807, 2.05) is 32.0 Å². The van der Waals surface area contributed by atoms with Gasteiger partial charge in [0.25, 0.3) is 0 Å². The molecule has 3 nitrogen and oxygen atoms in total. The molecule has 0 unspecified atom stereocenters. The molecule has 0 bridgehead atoms. The van der Waals surface area contributed by atoms with Gasteiger partial charge in [0.05, 0.1) is 5.56 Å². The number of aromatic carboxylic acids is 1. The molecule has 3 heteroatoms. The lowest BCUT2D eigenvalue weighted by molar-refractivity contribution is 0.0696. The number of hydrogen-bond acceptors (Lipinski definition) is 2. The smallest absolute Gasteiger partial charge is 0.335 e. The highest BCUT2D eigenvalue weighted by Gasteiger charge is 2.08. The second-order valence-electron chi connectivity index (χ2n) is 4.45. The molecule has 0 amide bonds. The van der Waals surface area contributed by atoms with Gasteiger partial charge in [0.15, 0.2) is 0 Å². The van der Waals surface area contributed by atoms with E-state index in [1.54, 1.807) is 12.1 Å². The van der Waals surface area contributed by atoms with Crippen molar-refractivity contribution >= 4 is 5.97 Å². The van der Waals surface area contributed by atoms with Crippen molar-refractivity contribution in [3.63, 3.8) is 0 Å². The fraction of sp³-hybridized carbons (Fsp3) is 0.133. The Morgan fingerprint density at radius 1 is 0.889 bits per heavy atom. The summed E-state index contributed by atoms with van der Waals surface area (Å²) in [5, 5.41) is 18.6. The van der Waals surface area contributed by atoms with E-state index in [2.05, 4.69) is 0 Å². The molecule has 0 atom stereocenters. The first-order valence-electron chi connectivity index (χ1n) is 5.62. The molecule has 0 aromatic heterocycles. The lowest BCUT2D eigenvalue weighted by Gasteiger charge is -2.07. The van der Waals surface area contributed by atoms with Gasteiger partial charge in [-0.05, 0) is 43.2 Å². The summed E-state index contributed by atoms with van der Waals surface area (Å²) < 4.78 is 0. The van der Waals surface area contributed by atoms with Crippen molar-refractivity contribution in [1.82, 2.24) is 0 Å². The topological polar surface area (TPSA) is 57.5 Å². The number of hydrogen-bond donors (Lipinski definition) is 2. The van der Waals surface area contributed by atoms with E-state index in [1.165, 1.54) is 6.07 Å². The van der Waals surface area contributed by atoms with Gasteiger partial charge in [-0.3, -0.25) is 0 Å². The maximum absolute atomic E-state index is 11.0. The Morgan fingerprint density at radius 3 is 2.00 bits per heavy atom. The average molecular weight is 242 g/mol. The molecule has 0 fully saturated rings. The summed E-state index contributed by atoms with van der Waals surface area (Å²) in [5.41, 5.74) is 3.91. The van der Waals surface area contributed by atoms with E-state index >= 15 is 0 Å². The normalized spacial score (nSPS) is 10.3. The van der Waals surface area contributed by atoms with Gasteiger partial charge in [-0.2, -0.15) is 0 Å². The number of carbonyl (C=O) groups is 1. The van der Waals surface area contributed by atoms with Crippen molar-refractivity contribution < 1.29 is 15.0 Å². The highest BCUT2D eigenvalue weighted by Crippen LogP contribution is 2.27. The van der Waals surface area contributed by atoms with Crippen LogP contribution in [-0.2, 0) is 0 Å². The van der Waals surface area contributed by atoms with Gasteiger partial charge in [-0.15, -0.1) is 0 Å². The van der Waals surface area contributed by atoms with E-state index in [9.17, 15) is 9.90 Å². The van der Waals surface area contributed by atoms with Crippen LogP contribution in [0.3, 0.4) is 0 Å². The molecule has 18 heavy (non-hydrogen) atoms. The fourth-order valence-electron chi connectivity index (χ4n) is 2.04. The maximum Gasteiger partial charge on any atom is 0.335 e. The van der Waals surface area contributed by atoms with Gasteiger partial charge in [-0.25, -0.2) is 4.79 Å². The lowest BCUT2D eigenvalue weighted by atomic mass is 9.99. The van der Waals surface area contributed by atoms with Gasteiger partial charge in [0.1, 0.15) is 5.75 Å². The van der Waals surface area contributed by atoms with Crippen molar-refractivity contribution in [2.45, 2.75) is 13.8 Å². The van der Waals surface area contributed by atoms with Gasteiger partial charge in [0, 0.05) is 0 Å². The first-order valence-corrected chi connectivity index (χ1v) is 5.62. The van der Waals surface area contributed by atoms with Crippen LogP contribution >= 0.6 is 0 Å². The molecular weight excluding hydrogens is 228 g/mol. The lowest BCUT2D eigenvalue weighted by Crippen LogP contribution is -1.96. The minimum absolute atomic E-state index is 0.0379. The molecular formula is C15H14O3. The molecule has 2 aromatic carbocycles. The number of benzene rings is 2. The second kappa shape index (κ2) is 4.53. The van der Waals surface area contributed by atoms with Crippen LogP contribution in [0.4, 0.5) is 0 Å².